The average Bonchev–Trinajstić information content (AvgIpc) is 2.74. The van der Waals surface area contributed by atoms with E-state index in [1.807, 2.05) is 20.8 Å². The van der Waals surface area contributed by atoms with Crippen LogP contribution < -0.4 is 5.32 Å². The third-order valence-electron chi connectivity index (χ3n) is 3.60. The van der Waals surface area contributed by atoms with Gasteiger partial charge in [-0.25, -0.2) is 0 Å². The van der Waals surface area contributed by atoms with Crippen LogP contribution in [0.15, 0.2) is 0 Å². The molecular formula is C16H26N2O3. The Hall–Kier alpha value is -1.62. The van der Waals surface area contributed by atoms with Gasteiger partial charge in [0.05, 0.1) is 0 Å². The van der Waals surface area contributed by atoms with E-state index < -0.39 is 0 Å². The average molecular weight is 294 g/mol. The topological polar surface area (TPSA) is 82.2 Å². The zero-order valence-corrected chi connectivity index (χ0v) is 13.4. The number of aliphatic hydroxyl groups is 1. The zero-order valence-electron chi connectivity index (χ0n) is 13.4. The zero-order chi connectivity index (χ0) is 16.0. The normalized spacial score (nSPS) is 12.2. The number of Topliss-reactive ketones (excluding diaryl/α,β-unsaturated/α-hetero) is 1. The minimum absolute atomic E-state index is 0.0140. The largest absolute Gasteiger partial charge is 0.396 e. The van der Waals surface area contributed by atoms with Crippen molar-refractivity contribution in [1.29, 1.82) is 0 Å². The number of aromatic nitrogens is 1. The smallest absolute Gasteiger partial charge is 0.268 e. The highest BCUT2D eigenvalue weighted by Gasteiger charge is 2.22. The van der Waals surface area contributed by atoms with Gasteiger partial charge in [0.15, 0.2) is 5.78 Å². The Kier molecular flexibility index (Phi) is 6.62. The number of carbonyl (C=O) groups excluding carboxylic acids is 2. The summed E-state index contributed by atoms with van der Waals surface area (Å²) < 4.78 is 0. The van der Waals surface area contributed by atoms with Gasteiger partial charge in [-0.15, -0.1) is 0 Å². The first kappa shape index (κ1) is 17.4. The molecule has 0 radical (unpaired) electrons. The fourth-order valence-electron chi connectivity index (χ4n) is 2.52. The first-order valence-corrected chi connectivity index (χ1v) is 7.53. The molecule has 0 aliphatic heterocycles. The highest BCUT2D eigenvalue weighted by molar-refractivity contribution is 6.02. The number of rotatable bonds is 8. The summed E-state index contributed by atoms with van der Waals surface area (Å²) in [6.45, 7) is 7.98. The number of aryl methyl sites for hydroxylation is 1. The Bertz CT molecular complexity index is 506. The molecule has 0 aliphatic rings. The molecule has 1 rings (SSSR count). The first-order chi connectivity index (χ1) is 9.92. The third kappa shape index (κ3) is 4.43. The van der Waals surface area contributed by atoms with Crippen LogP contribution in [0.2, 0.25) is 0 Å². The Balaban J connectivity index is 2.93. The van der Waals surface area contributed by atoms with Crippen molar-refractivity contribution in [2.75, 3.05) is 13.2 Å². The van der Waals surface area contributed by atoms with E-state index in [0.717, 1.165) is 17.7 Å². The van der Waals surface area contributed by atoms with Crippen LogP contribution in [0.4, 0.5) is 0 Å². The molecule has 0 aromatic carbocycles. The number of amides is 1. The molecule has 1 unspecified atom stereocenters. The summed E-state index contributed by atoms with van der Waals surface area (Å²) in [5.74, 6) is 0.0238. The van der Waals surface area contributed by atoms with Gasteiger partial charge < -0.3 is 15.4 Å². The van der Waals surface area contributed by atoms with Gasteiger partial charge in [0.2, 0.25) is 0 Å². The standard InChI is InChI=1S/C16H26N2O3/c1-5-6-13-14(12(4)20)11(3)18-15(13)16(21)17-9-10(2)7-8-19/h10,18-19H,5-9H2,1-4H3,(H,17,21). The fourth-order valence-corrected chi connectivity index (χ4v) is 2.52. The number of hydrogen-bond donors (Lipinski definition) is 3. The molecule has 1 aromatic rings. The maximum atomic E-state index is 12.3. The highest BCUT2D eigenvalue weighted by Crippen LogP contribution is 2.21. The van der Waals surface area contributed by atoms with E-state index in [9.17, 15) is 9.59 Å². The number of carbonyl (C=O) groups is 2. The Morgan fingerprint density at radius 2 is 2.05 bits per heavy atom. The monoisotopic (exact) mass is 294 g/mol. The molecule has 118 valence electrons. The van der Waals surface area contributed by atoms with E-state index in [4.69, 9.17) is 5.11 Å². The number of aromatic amines is 1. The fraction of sp³-hybridized carbons (Fsp3) is 0.625. The molecule has 1 heterocycles. The van der Waals surface area contributed by atoms with Gasteiger partial charge in [-0.2, -0.15) is 0 Å². The third-order valence-corrected chi connectivity index (χ3v) is 3.60. The van der Waals surface area contributed by atoms with Crippen LogP contribution in [0, 0.1) is 12.8 Å². The second-order valence-electron chi connectivity index (χ2n) is 5.61. The summed E-state index contributed by atoms with van der Waals surface area (Å²) in [5.41, 5.74) is 2.70. The lowest BCUT2D eigenvalue weighted by Crippen LogP contribution is -2.29. The van der Waals surface area contributed by atoms with Crippen molar-refractivity contribution in [3.63, 3.8) is 0 Å². The summed E-state index contributed by atoms with van der Waals surface area (Å²) in [7, 11) is 0. The van der Waals surface area contributed by atoms with Crippen LogP contribution in [0.25, 0.3) is 0 Å². The number of nitrogens with one attached hydrogen (secondary N) is 2. The second-order valence-corrected chi connectivity index (χ2v) is 5.61. The van der Waals surface area contributed by atoms with Gasteiger partial charge in [-0.1, -0.05) is 20.3 Å². The molecule has 0 saturated carbocycles. The predicted octanol–water partition coefficient (Wildman–Crippen LogP) is 2.23. The molecule has 1 aromatic heterocycles. The van der Waals surface area contributed by atoms with E-state index in [1.54, 1.807) is 0 Å². The molecule has 5 nitrogen and oxygen atoms in total. The quantitative estimate of drug-likeness (QED) is 0.643. The number of aliphatic hydroxyl groups excluding tert-OH is 1. The summed E-state index contributed by atoms with van der Waals surface area (Å²) in [6.07, 6.45) is 2.23. The summed E-state index contributed by atoms with van der Waals surface area (Å²) >= 11 is 0. The number of hydrogen-bond acceptors (Lipinski definition) is 3. The van der Waals surface area contributed by atoms with Crippen molar-refractivity contribution >= 4 is 11.7 Å². The molecule has 0 fully saturated rings. The van der Waals surface area contributed by atoms with Gasteiger partial charge in [0, 0.05) is 24.4 Å². The second kappa shape index (κ2) is 7.98. The van der Waals surface area contributed by atoms with Gasteiger partial charge in [0.1, 0.15) is 5.69 Å². The molecule has 5 heteroatoms. The van der Waals surface area contributed by atoms with Crippen molar-refractivity contribution in [1.82, 2.24) is 10.3 Å². The maximum Gasteiger partial charge on any atom is 0.268 e. The lowest BCUT2D eigenvalue weighted by atomic mass is 10.0. The van der Waals surface area contributed by atoms with Crippen LogP contribution >= 0.6 is 0 Å². The first-order valence-electron chi connectivity index (χ1n) is 7.53. The molecule has 0 spiro atoms. The van der Waals surface area contributed by atoms with E-state index >= 15 is 0 Å². The summed E-state index contributed by atoms with van der Waals surface area (Å²) in [6, 6.07) is 0. The minimum Gasteiger partial charge on any atom is -0.396 e. The van der Waals surface area contributed by atoms with Gasteiger partial charge in [0.25, 0.3) is 5.91 Å². The predicted molar refractivity (Wildman–Crippen MR) is 82.7 cm³/mol. The van der Waals surface area contributed by atoms with Gasteiger partial charge in [-0.3, -0.25) is 9.59 Å². The molecule has 1 atom stereocenters. The lowest BCUT2D eigenvalue weighted by Gasteiger charge is -2.11. The summed E-state index contributed by atoms with van der Waals surface area (Å²) in [4.78, 5) is 27.1. The van der Waals surface area contributed by atoms with Crippen molar-refractivity contribution in [2.45, 2.75) is 47.0 Å². The molecular weight excluding hydrogens is 268 g/mol. The Morgan fingerprint density at radius 3 is 2.57 bits per heavy atom. The molecule has 3 N–H and O–H groups in total. The molecule has 0 aliphatic carbocycles. The minimum atomic E-state index is -0.182. The van der Waals surface area contributed by atoms with Crippen molar-refractivity contribution in [2.24, 2.45) is 5.92 Å². The summed E-state index contributed by atoms with van der Waals surface area (Å²) in [5, 5.41) is 11.7. The van der Waals surface area contributed by atoms with Crippen LogP contribution in [0.1, 0.15) is 65.7 Å². The highest BCUT2D eigenvalue weighted by atomic mass is 16.3. The van der Waals surface area contributed by atoms with Gasteiger partial charge >= 0.3 is 0 Å². The van der Waals surface area contributed by atoms with Crippen LogP contribution in [0.3, 0.4) is 0 Å². The number of ketones is 1. The van der Waals surface area contributed by atoms with Crippen molar-refractivity contribution in [3.05, 3.63) is 22.5 Å². The van der Waals surface area contributed by atoms with E-state index in [-0.39, 0.29) is 24.2 Å². The SMILES string of the molecule is CCCc1c(C(=O)NCC(C)CCO)[nH]c(C)c1C(C)=O. The molecule has 1 amide bonds. The molecule has 0 saturated heterocycles. The lowest BCUT2D eigenvalue weighted by molar-refractivity contribution is 0.0940. The van der Waals surface area contributed by atoms with E-state index in [0.29, 0.717) is 30.6 Å². The Morgan fingerprint density at radius 1 is 1.38 bits per heavy atom. The maximum absolute atomic E-state index is 12.3. The Labute approximate surface area is 126 Å². The molecule has 0 bridgehead atoms. The van der Waals surface area contributed by atoms with E-state index in [2.05, 4.69) is 10.3 Å². The van der Waals surface area contributed by atoms with Crippen LogP contribution in [0.5, 0.6) is 0 Å². The van der Waals surface area contributed by atoms with E-state index in [1.165, 1.54) is 6.92 Å². The van der Waals surface area contributed by atoms with Crippen molar-refractivity contribution < 1.29 is 14.7 Å². The van der Waals surface area contributed by atoms with Crippen molar-refractivity contribution in [3.8, 4) is 0 Å². The van der Waals surface area contributed by atoms with Crippen LogP contribution in [-0.2, 0) is 6.42 Å². The molecule has 21 heavy (non-hydrogen) atoms. The number of H-pyrrole nitrogens is 1. The van der Waals surface area contributed by atoms with Crippen LogP contribution in [-0.4, -0.2) is 34.9 Å². The van der Waals surface area contributed by atoms with Gasteiger partial charge in [-0.05, 0) is 38.2 Å².